The van der Waals surface area contributed by atoms with E-state index in [4.69, 9.17) is 11.5 Å². The molecule has 3 fully saturated rings. The van der Waals surface area contributed by atoms with E-state index in [0.29, 0.717) is 23.0 Å². The van der Waals surface area contributed by atoms with Gasteiger partial charge in [-0.05, 0) is 86.5 Å². The zero-order valence-electron chi connectivity index (χ0n) is 14.1. The van der Waals surface area contributed by atoms with E-state index in [2.05, 4.69) is 19.9 Å². The Morgan fingerprint density at radius 1 is 1.14 bits per heavy atom. The summed E-state index contributed by atoms with van der Waals surface area (Å²) in [5.74, 6) is 3.48. The molecule has 7 atom stereocenters. The van der Waals surface area contributed by atoms with Crippen molar-refractivity contribution in [2.24, 2.45) is 40.2 Å². The molecule has 123 valence electrons. The summed E-state index contributed by atoms with van der Waals surface area (Å²) in [7, 11) is 0. The van der Waals surface area contributed by atoms with Gasteiger partial charge >= 0.3 is 0 Å². The van der Waals surface area contributed by atoms with Crippen LogP contribution in [-0.4, -0.2) is 10.8 Å². The third-order valence-corrected chi connectivity index (χ3v) is 8.33. The van der Waals surface area contributed by atoms with Crippen LogP contribution in [0.25, 0.3) is 0 Å². The van der Waals surface area contributed by atoms with Gasteiger partial charge in [0.1, 0.15) is 0 Å². The smallest absolute Gasteiger partial charge is 0.0944 e. The Morgan fingerprint density at radius 2 is 1.91 bits per heavy atom. The number of nitrogens with one attached hydrogen (secondary N) is 1. The standard InChI is InChI=1S/C19H31N2O/c1-17-9-10-19(20,21)11-12(17)3-4-13-14-5-6-16(22)18(14,2)8-7-15(13)17/h6,12-15,20,22H,3-5,7-11,21H2,1-2H3/t12-,13?,14?,15?,17+,18+,19+/m1/s1. The third-order valence-electron chi connectivity index (χ3n) is 8.33. The van der Waals surface area contributed by atoms with Crippen LogP contribution in [0.4, 0.5) is 0 Å². The molecule has 0 aromatic carbocycles. The monoisotopic (exact) mass is 303 g/mol. The lowest BCUT2D eigenvalue weighted by molar-refractivity contribution is -0.115. The average molecular weight is 303 g/mol. The molecule has 3 saturated carbocycles. The summed E-state index contributed by atoms with van der Waals surface area (Å²) < 4.78 is 0. The molecule has 0 saturated heterocycles. The molecule has 4 aliphatic rings. The van der Waals surface area contributed by atoms with Crippen molar-refractivity contribution in [2.45, 2.75) is 70.9 Å². The second-order valence-corrected chi connectivity index (χ2v) is 9.30. The summed E-state index contributed by atoms with van der Waals surface area (Å²) in [5, 5.41) is 10.4. The van der Waals surface area contributed by atoms with E-state index in [0.717, 1.165) is 43.9 Å². The Balaban J connectivity index is 1.62. The van der Waals surface area contributed by atoms with Gasteiger partial charge < -0.3 is 10.8 Å². The maximum absolute atomic E-state index is 10.4. The van der Waals surface area contributed by atoms with Crippen molar-refractivity contribution in [3.05, 3.63) is 11.8 Å². The highest BCUT2D eigenvalue weighted by molar-refractivity contribution is 5.20. The first-order valence-corrected chi connectivity index (χ1v) is 9.20. The van der Waals surface area contributed by atoms with Crippen LogP contribution in [0.3, 0.4) is 0 Å². The Hall–Kier alpha value is -0.540. The molecule has 4 N–H and O–H groups in total. The molecule has 3 unspecified atom stereocenters. The summed E-state index contributed by atoms with van der Waals surface area (Å²) in [4.78, 5) is 0. The molecule has 0 bridgehead atoms. The largest absolute Gasteiger partial charge is 0.512 e. The molecule has 4 aliphatic carbocycles. The van der Waals surface area contributed by atoms with E-state index in [1.54, 1.807) is 0 Å². The molecule has 0 aromatic heterocycles. The lowest BCUT2D eigenvalue weighted by Gasteiger charge is -2.61. The minimum Gasteiger partial charge on any atom is -0.512 e. The predicted octanol–water partition coefficient (Wildman–Crippen LogP) is 4.02. The van der Waals surface area contributed by atoms with Gasteiger partial charge in [-0.2, -0.15) is 0 Å². The fourth-order valence-electron chi connectivity index (χ4n) is 6.84. The molecule has 3 heteroatoms. The van der Waals surface area contributed by atoms with E-state index in [-0.39, 0.29) is 5.41 Å². The number of nitrogens with two attached hydrogens (primary N) is 1. The highest BCUT2D eigenvalue weighted by atomic mass is 16.3. The lowest BCUT2D eigenvalue weighted by Crippen LogP contribution is -2.58. The number of allylic oxidation sites excluding steroid dienone is 2. The molecule has 1 radical (unpaired) electrons. The van der Waals surface area contributed by atoms with E-state index < -0.39 is 5.66 Å². The minimum atomic E-state index is -0.687. The van der Waals surface area contributed by atoms with Gasteiger partial charge in [0.15, 0.2) is 0 Å². The van der Waals surface area contributed by atoms with E-state index >= 15 is 0 Å². The molecule has 4 rings (SSSR count). The maximum atomic E-state index is 10.4. The number of hydrogen-bond acceptors (Lipinski definition) is 2. The molecule has 22 heavy (non-hydrogen) atoms. The van der Waals surface area contributed by atoms with Crippen LogP contribution in [-0.2, 0) is 0 Å². The van der Waals surface area contributed by atoms with Gasteiger partial charge in [-0.1, -0.05) is 13.8 Å². The Labute approximate surface area is 134 Å². The highest BCUT2D eigenvalue weighted by Gasteiger charge is 2.59. The van der Waals surface area contributed by atoms with Crippen LogP contribution in [0.5, 0.6) is 0 Å². The number of hydrogen-bond donors (Lipinski definition) is 2. The van der Waals surface area contributed by atoms with Gasteiger partial charge in [0.2, 0.25) is 0 Å². The van der Waals surface area contributed by atoms with E-state index in [9.17, 15) is 5.11 Å². The fourth-order valence-corrected chi connectivity index (χ4v) is 6.84. The first-order valence-electron chi connectivity index (χ1n) is 9.20. The SMILES string of the molecule is C[C@]12CCC3C(CC[C@@H]4C[C@@]([NH])(N)CC[C@]34C)C1CC=C2O. The zero-order chi connectivity index (χ0) is 15.8. The number of rotatable bonds is 0. The van der Waals surface area contributed by atoms with Crippen molar-refractivity contribution in [3.8, 4) is 0 Å². The molecule has 0 spiro atoms. The van der Waals surface area contributed by atoms with Gasteiger partial charge in [0.05, 0.1) is 11.4 Å². The first kappa shape index (κ1) is 15.0. The van der Waals surface area contributed by atoms with Gasteiger partial charge in [-0.25, -0.2) is 5.73 Å². The van der Waals surface area contributed by atoms with Crippen LogP contribution in [0, 0.1) is 34.5 Å². The number of fused-ring (bicyclic) bond motifs is 5. The molecule has 0 heterocycles. The van der Waals surface area contributed by atoms with Crippen LogP contribution in [0.15, 0.2) is 11.8 Å². The third kappa shape index (κ3) is 1.88. The summed E-state index contributed by atoms with van der Waals surface area (Å²) in [6.07, 6.45) is 10.9. The van der Waals surface area contributed by atoms with Crippen molar-refractivity contribution in [2.75, 3.05) is 0 Å². The van der Waals surface area contributed by atoms with Crippen LogP contribution in [0.1, 0.15) is 65.2 Å². The van der Waals surface area contributed by atoms with E-state index in [1.165, 1.54) is 19.3 Å². The molecule has 0 amide bonds. The van der Waals surface area contributed by atoms with Crippen LogP contribution < -0.4 is 11.5 Å². The summed E-state index contributed by atoms with van der Waals surface area (Å²) in [6.45, 7) is 4.78. The molecular weight excluding hydrogens is 272 g/mol. The fraction of sp³-hybridized carbons (Fsp3) is 0.895. The second kappa shape index (κ2) is 4.51. The van der Waals surface area contributed by atoms with Gasteiger partial charge in [-0.15, -0.1) is 0 Å². The maximum Gasteiger partial charge on any atom is 0.0944 e. The minimum absolute atomic E-state index is 0.0477. The lowest BCUT2D eigenvalue weighted by atomic mass is 9.44. The van der Waals surface area contributed by atoms with Crippen molar-refractivity contribution in [1.82, 2.24) is 5.73 Å². The number of aliphatic hydroxyl groups excluding tert-OH is 1. The average Bonchev–Trinajstić information content (AvgIpc) is 2.76. The second-order valence-electron chi connectivity index (χ2n) is 9.30. The van der Waals surface area contributed by atoms with Crippen molar-refractivity contribution < 1.29 is 5.11 Å². The van der Waals surface area contributed by atoms with E-state index in [1.807, 2.05) is 0 Å². The van der Waals surface area contributed by atoms with Crippen molar-refractivity contribution in [1.29, 1.82) is 0 Å². The highest BCUT2D eigenvalue weighted by Crippen LogP contribution is 2.66. The predicted molar refractivity (Wildman–Crippen MR) is 87.8 cm³/mol. The van der Waals surface area contributed by atoms with Gasteiger partial charge in [0, 0.05) is 5.41 Å². The Morgan fingerprint density at radius 3 is 2.68 bits per heavy atom. The Bertz CT molecular complexity index is 514. The van der Waals surface area contributed by atoms with Crippen molar-refractivity contribution >= 4 is 0 Å². The quantitative estimate of drug-likeness (QED) is 0.709. The summed E-state index contributed by atoms with van der Waals surface area (Å²) in [6, 6.07) is 0. The van der Waals surface area contributed by atoms with Gasteiger partial charge in [0.25, 0.3) is 0 Å². The normalized spacial score (nSPS) is 53.2. The summed E-state index contributed by atoms with van der Waals surface area (Å²) in [5.41, 5.74) is 14.2. The molecule has 3 nitrogen and oxygen atoms in total. The Kier molecular flexibility index (Phi) is 3.08. The van der Waals surface area contributed by atoms with Crippen LogP contribution in [0.2, 0.25) is 0 Å². The van der Waals surface area contributed by atoms with Crippen LogP contribution >= 0.6 is 0 Å². The molecule has 0 aromatic rings. The summed E-state index contributed by atoms with van der Waals surface area (Å²) >= 11 is 0. The first-order chi connectivity index (χ1) is 10.3. The molecule has 0 aliphatic heterocycles. The topological polar surface area (TPSA) is 70.0 Å². The van der Waals surface area contributed by atoms with Crippen molar-refractivity contribution in [3.63, 3.8) is 0 Å². The number of aliphatic hydroxyl groups is 1. The molecular formula is C19H31N2O. The van der Waals surface area contributed by atoms with Gasteiger partial charge in [-0.3, -0.25) is 0 Å². The zero-order valence-corrected chi connectivity index (χ0v) is 14.1.